The van der Waals surface area contributed by atoms with E-state index < -0.39 is 21.4 Å². The van der Waals surface area contributed by atoms with E-state index in [0.29, 0.717) is 22.4 Å². The van der Waals surface area contributed by atoms with E-state index in [-0.39, 0.29) is 12.4 Å². The maximum absolute atomic E-state index is 13.0. The maximum atomic E-state index is 13.0. The molecule has 0 spiro atoms. The van der Waals surface area contributed by atoms with Gasteiger partial charge in [-0.1, -0.05) is 48.5 Å². The quantitative estimate of drug-likeness (QED) is 0.752. The highest BCUT2D eigenvalue weighted by molar-refractivity contribution is 8.06. The van der Waals surface area contributed by atoms with Gasteiger partial charge in [0.1, 0.15) is 6.61 Å². The van der Waals surface area contributed by atoms with Crippen molar-refractivity contribution in [2.45, 2.75) is 26.5 Å². The molecular formula is C20H19NO5S. The Morgan fingerprint density at radius 1 is 1.04 bits per heavy atom. The van der Waals surface area contributed by atoms with E-state index >= 15 is 0 Å². The molecule has 0 aromatic heterocycles. The number of ketones is 1. The number of hydrogen-bond donors (Lipinski definition) is 0. The number of benzene rings is 2. The summed E-state index contributed by atoms with van der Waals surface area (Å²) >= 11 is 0. The van der Waals surface area contributed by atoms with Crippen molar-refractivity contribution in [3.05, 3.63) is 71.3 Å². The van der Waals surface area contributed by atoms with Gasteiger partial charge in [-0.25, -0.2) is 4.79 Å². The van der Waals surface area contributed by atoms with Crippen LogP contribution >= 0.6 is 0 Å². The van der Waals surface area contributed by atoms with Gasteiger partial charge in [0, 0.05) is 5.57 Å². The van der Waals surface area contributed by atoms with Gasteiger partial charge >= 0.3 is 15.3 Å². The molecule has 140 valence electrons. The fraction of sp³-hybridized carbons (Fsp3) is 0.200. The van der Waals surface area contributed by atoms with Crippen molar-refractivity contribution in [2.75, 3.05) is 4.31 Å². The molecule has 3 rings (SSSR count). The lowest BCUT2D eigenvalue weighted by atomic mass is 9.96. The van der Waals surface area contributed by atoms with Crippen LogP contribution in [0.3, 0.4) is 0 Å². The van der Waals surface area contributed by atoms with Gasteiger partial charge in [0.15, 0.2) is 5.78 Å². The van der Waals surface area contributed by atoms with E-state index in [9.17, 15) is 18.0 Å². The summed E-state index contributed by atoms with van der Waals surface area (Å²) in [6, 6.07) is 14.7. The normalized spacial score (nSPS) is 16.3. The zero-order valence-electron chi connectivity index (χ0n) is 15.0. The van der Waals surface area contributed by atoms with Crippen molar-refractivity contribution in [3.8, 4) is 0 Å². The second-order valence-electron chi connectivity index (χ2n) is 6.22. The first kappa shape index (κ1) is 18.8. The van der Waals surface area contributed by atoms with Crippen molar-refractivity contribution in [1.29, 1.82) is 0 Å². The Kier molecular flexibility index (Phi) is 5.14. The predicted octanol–water partition coefficient (Wildman–Crippen LogP) is 3.53. The number of anilines is 1. The van der Waals surface area contributed by atoms with Gasteiger partial charge in [0.2, 0.25) is 0 Å². The van der Waals surface area contributed by atoms with Crippen LogP contribution in [-0.2, 0) is 26.2 Å². The number of rotatable bonds is 4. The lowest BCUT2D eigenvalue weighted by Gasteiger charge is -2.34. The minimum Gasteiger partial charge on any atom is -0.448 e. The Morgan fingerprint density at radius 3 is 2.33 bits per heavy atom. The van der Waals surface area contributed by atoms with Crippen molar-refractivity contribution < 1.29 is 22.7 Å². The number of hydrogen-bond acceptors (Lipinski definition) is 5. The van der Waals surface area contributed by atoms with Crippen molar-refractivity contribution in [3.63, 3.8) is 0 Å². The molecule has 2 aromatic carbocycles. The van der Waals surface area contributed by atoms with Gasteiger partial charge in [0.05, 0.1) is 11.7 Å². The predicted molar refractivity (Wildman–Crippen MR) is 103 cm³/mol. The first-order chi connectivity index (χ1) is 12.8. The Balaban J connectivity index is 1.94. The molecule has 0 N–H and O–H groups in total. The molecule has 0 unspecified atom stereocenters. The van der Waals surface area contributed by atoms with Crippen LogP contribution in [0, 0.1) is 0 Å². The van der Waals surface area contributed by atoms with Gasteiger partial charge in [0.25, 0.3) is 0 Å². The first-order valence-corrected chi connectivity index (χ1v) is 9.83. The number of nitrogens with zero attached hydrogens (tertiary/aromatic N) is 1. The lowest BCUT2D eigenvalue weighted by molar-refractivity contribution is -0.113. The number of sulfonamides is 1. The topological polar surface area (TPSA) is 80.8 Å². The molecule has 0 radical (unpaired) electrons. The van der Waals surface area contributed by atoms with E-state index in [4.69, 9.17) is 4.74 Å². The number of fused-ring (bicyclic) bond motifs is 1. The fourth-order valence-electron chi connectivity index (χ4n) is 3.04. The number of para-hydroxylation sites is 1. The van der Waals surface area contributed by atoms with Crippen LogP contribution in [0.25, 0.3) is 6.08 Å². The molecule has 7 heteroatoms. The molecule has 0 saturated carbocycles. The number of carbonyl (C=O) groups is 2. The van der Waals surface area contributed by atoms with Crippen molar-refractivity contribution in [2.24, 2.45) is 0 Å². The molecule has 0 bridgehead atoms. The third-order valence-corrected chi connectivity index (χ3v) is 5.93. The smallest absolute Gasteiger partial charge is 0.445 e. The first-order valence-electron chi connectivity index (χ1n) is 8.39. The molecular weight excluding hydrogens is 366 g/mol. The molecule has 0 fully saturated rings. The van der Waals surface area contributed by atoms with Gasteiger partial charge in [-0.2, -0.15) is 8.42 Å². The molecule has 1 heterocycles. The summed E-state index contributed by atoms with van der Waals surface area (Å²) < 4.78 is 31.9. The molecule has 1 atom stereocenters. The van der Waals surface area contributed by atoms with Crippen LogP contribution in [0.1, 0.15) is 25.0 Å². The molecule has 0 aliphatic carbocycles. The van der Waals surface area contributed by atoms with E-state index in [0.717, 1.165) is 4.31 Å². The molecule has 0 amide bonds. The highest BCUT2D eigenvalue weighted by Crippen LogP contribution is 2.35. The number of Topliss-reactive ketones (excluding diaryl/α,β-unsaturated/α-hetero) is 1. The Morgan fingerprint density at radius 2 is 1.67 bits per heavy atom. The second-order valence-corrected chi connectivity index (χ2v) is 7.89. The van der Waals surface area contributed by atoms with E-state index in [1.807, 2.05) is 6.07 Å². The van der Waals surface area contributed by atoms with Gasteiger partial charge < -0.3 is 4.74 Å². The Hall–Kier alpha value is -2.93. The van der Waals surface area contributed by atoms with Crippen molar-refractivity contribution >= 4 is 32.9 Å². The summed E-state index contributed by atoms with van der Waals surface area (Å²) in [6.45, 7) is 2.79. The van der Waals surface area contributed by atoms with Crippen LogP contribution in [0.5, 0.6) is 0 Å². The van der Waals surface area contributed by atoms with Gasteiger partial charge in [-0.3, -0.25) is 9.10 Å². The molecule has 27 heavy (non-hydrogen) atoms. The summed E-state index contributed by atoms with van der Waals surface area (Å²) in [5.41, 5.74) is 1.89. The summed E-state index contributed by atoms with van der Waals surface area (Å²) in [5, 5.41) is -1.35. The lowest BCUT2D eigenvalue weighted by Crippen LogP contribution is -2.46. The van der Waals surface area contributed by atoms with Gasteiger partial charge in [-0.15, -0.1) is 0 Å². The monoisotopic (exact) mass is 385 g/mol. The standard InChI is InChI=1S/C20H19NO5S/c1-14-18(15(2)22)12-17-10-6-7-11-19(17)21(14)27(24,25)20(23)26-13-16-8-4-3-5-9-16/h3-12,14H,13H2,1-2H3/t14-/m1/s1. The molecule has 1 aliphatic heterocycles. The van der Waals surface area contributed by atoms with Crippen molar-refractivity contribution in [1.82, 2.24) is 0 Å². The van der Waals surface area contributed by atoms with E-state index in [1.165, 1.54) is 6.92 Å². The molecule has 2 aromatic rings. The number of ether oxygens (including phenoxy) is 1. The average molecular weight is 385 g/mol. The van der Waals surface area contributed by atoms with Gasteiger partial charge in [-0.05, 0) is 37.1 Å². The highest BCUT2D eigenvalue weighted by Gasteiger charge is 2.40. The summed E-state index contributed by atoms with van der Waals surface area (Å²) in [7, 11) is -4.48. The Bertz CT molecular complexity index is 1010. The summed E-state index contributed by atoms with van der Waals surface area (Å²) in [4.78, 5) is 24.4. The second kappa shape index (κ2) is 7.36. The van der Waals surface area contributed by atoms with Crippen LogP contribution in [0.2, 0.25) is 0 Å². The zero-order valence-corrected chi connectivity index (χ0v) is 15.8. The van der Waals surface area contributed by atoms with E-state index in [1.54, 1.807) is 61.5 Å². The minimum atomic E-state index is -4.48. The fourth-order valence-corrected chi connectivity index (χ4v) is 4.36. The SMILES string of the molecule is CC(=O)C1=Cc2ccccc2N(S(=O)(=O)C(=O)OCc2ccccc2)[C@@H]1C. The van der Waals surface area contributed by atoms with Crippen LogP contribution in [-0.4, -0.2) is 25.5 Å². The zero-order chi connectivity index (χ0) is 19.6. The summed E-state index contributed by atoms with van der Waals surface area (Å²) in [5.74, 6) is -0.255. The summed E-state index contributed by atoms with van der Waals surface area (Å²) in [6.07, 6.45) is 1.66. The maximum Gasteiger partial charge on any atom is 0.445 e. The van der Waals surface area contributed by atoms with Crippen LogP contribution < -0.4 is 4.31 Å². The number of carbonyl (C=O) groups excluding carboxylic acids is 2. The molecule has 0 saturated heterocycles. The Labute approximate surface area is 158 Å². The minimum absolute atomic E-state index is 0.155. The third-order valence-electron chi connectivity index (χ3n) is 4.36. The van der Waals surface area contributed by atoms with E-state index in [2.05, 4.69) is 0 Å². The highest BCUT2D eigenvalue weighted by atomic mass is 32.2. The largest absolute Gasteiger partial charge is 0.448 e. The van der Waals surface area contributed by atoms with Crippen LogP contribution in [0.4, 0.5) is 10.5 Å². The molecule has 6 nitrogen and oxygen atoms in total. The average Bonchev–Trinajstić information content (AvgIpc) is 2.65. The third kappa shape index (κ3) is 3.64. The molecule has 1 aliphatic rings. The van der Waals surface area contributed by atoms with Crippen LogP contribution in [0.15, 0.2) is 60.2 Å².